The van der Waals surface area contributed by atoms with E-state index < -0.39 is 28.6 Å². The first-order chi connectivity index (χ1) is 20.4. The van der Waals surface area contributed by atoms with E-state index >= 15 is 0 Å². The van der Waals surface area contributed by atoms with Crippen molar-refractivity contribution in [2.75, 3.05) is 18.4 Å². The molecule has 3 N–H and O–H groups in total. The van der Waals surface area contributed by atoms with Crippen molar-refractivity contribution in [3.8, 4) is 23.0 Å². The van der Waals surface area contributed by atoms with Gasteiger partial charge in [-0.3, -0.25) is 4.79 Å². The minimum atomic E-state index is -1.44. The average Bonchev–Trinajstić information content (AvgIpc) is 3.51. The fourth-order valence-corrected chi connectivity index (χ4v) is 5.89. The Balaban J connectivity index is 1.35. The van der Waals surface area contributed by atoms with Gasteiger partial charge in [-0.1, -0.05) is 18.9 Å². The van der Waals surface area contributed by atoms with Crippen molar-refractivity contribution in [1.82, 2.24) is 4.90 Å². The molecule has 43 heavy (non-hydrogen) atoms. The summed E-state index contributed by atoms with van der Waals surface area (Å²) in [5, 5.41) is 23.5. The zero-order chi connectivity index (χ0) is 30.8. The number of carboxylic acids is 1. The number of hydrogen-bond acceptors (Lipinski definition) is 5. The first kappa shape index (κ1) is 30.3. The van der Waals surface area contributed by atoms with Crippen molar-refractivity contribution in [1.29, 1.82) is 0 Å². The fourth-order valence-electron chi connectivity index (χ4n) is 5.89. The minimum absolute atomic E-state index is 0.00931. The Labute approximate surface area is 249 Å². The molecule has 10 heteroatoms. The molecule has 3 aromatic rings. The van der Waals surface area contributed by atoms with Gasteiger partial charge < -0.3 is 29.9 Å². The molecule has 1 aliphatic carbocycles. The maximum Gasteiger partial charge on any atom is 0.321 e. The number of carbonyl (C=O) groups is 2. The van der Waals surface area contributed by atoms with E-state index in [-0.39, 0.29) is 34.8 Å². The average molecular weight is 595 g/mol. The lowest BCUT2D eigenvalue weighted by atomic mass is 9.78. The van der Waals surface area contributed by atoms with E-state index in [1.807, 2.05) is 0 Å². The van der Waals surface area contributed by atoms with Crippen molar-refractivity contribution < 1.29 is 38.1 Å². The Kier molecular flexibility index (Phi) is 8.59. The number of halogens is 2. The lowest BCUT2D eigenvalue weighted by Crippen LogP contribution is -2.50. The van der Waals surface area contributed by atoms with E-state index in [0.717, 1.165) is 31.7 Å². The van der Waals surface area contributed by atoms with E-state index in [1.54, 1.807) is 17.0 Å². The Hall–Kier alpha value is -4.18. The van der Waals surface area contributed by atoms with Gasteiger partial charge in [-0.05, 0) is 75.8 Å². The first-order valence-electron chi connectivity index (χ1n) is 14.5. The van der Waals surface area contributed by atoms with E-state index in [9.17, 15) is 28.6 Å². The zero-order valence-corrected chi connectivity index (χ0v) is 24.2. The molecule has 0 bridgehead atoms. The molecule has 3 aromatic carbocycles. The third-order valence-electron chi connectivity index (χ3n) is 8.60. The number of carbonyl (C=O) groups excluding carboxylic acids is 1. The Bertz CT molecular complexity index is 1480. The molecule has 1 heterocycles. The molecule has 0 radical (unpaired) electrons. The predicted molar refractivity (Wildman–Crippen MR) is 157 cm³/mol. The van der Waals surface area contributed by atoms with Crippen LogP contribution in [0.2, 0.25) is 0 Å². The van der Waals surface area contributed by atoms with Gasteiger partial charge in [-0.2, -0.15) is 0 Å². The third kappa shape index (κ3) is 6.91. The van der Waals surface area contributed by atoms with Crippen molar-refractivity contribution in [2.24, 2.45) is 5.92 Å². The van der Waals surface area contributed by atoms with Crippen LogP contribution >= 0.6 is 0 Å². The summed E-state index contributed by atoms with van der Waals surface area (Å²) in [5.41, 5.74) is -1.82. The Morgan fingerprint density at radius 2 is 1.47 bits per heavy atom. The quantitative estimate of drug-likeness (QED) is 0.250. The van der Waals surface area contributed by atoms with Crippen LogP contribution in [0.15, 0.2) is 60.7 Å². The van der Waals surface area contributed by atoms with E-state index in [0.29, 0.717) is 37.4 Å². The summed E-state index contributed by atoms with van der Waals surface area (Å²) in [6.07, 6.45) is 5.36. The second-order valence-electron chi connectivity index (χ2n) is 11.9. The fraction of sp³-hybridized carbons (Fsp3) is 0.394. The first-order valence-corrected chi connectivity index (χ1v) is 14.5. The smallest absolute Gasteiger partial charge is 0.321 e. The van der Waals surface area contributed by atoms with Crippen LogP contribution < -0.4 is 14.8 Å². The highest BCUT2D eigenvalue weighted by Crippen LogP contribution is 2.40. The predicted octanol–water partition coefficient (Wildman–Crippen LogP) is 7.46. The zero-order valence-electron chi connectivity index (χ0n) is 24.2. The van der Waals surface area contributed by atoms with Crippen molar-refractivity contribution in [2.45, 2.75) is 63.4 Å². The number of hydrogen-bond donors (Lipinski definition) is 3. The molecular formula is C33H36F2N2O6. The monoisotopic (exact) mass is 594 g/mol. The molecule has 1 saturated heterocycles. The second kappa shape index (κ2) is 12.2. The number of rotatable bonds is 8. The van der Waals surface area contributed by atoms with Crippen LogP contribution in [0.25, 0.3) is 0 Å². The maximum absolute atomic E-state index is 14.9. The van der Waals surface area contributed by atoms with Crippen LogP contribution in [-0.4, -0.2) is 45.8 Å². The molecular weight excluding hydrogens is 558 g/mol. The van der Waals surface area contributed by atoms with Crippen LogP contribution in [0, 0.1) is 17.6 Å². The summed E-state index contributed by atoms with van der Waals surface area (Å²) < 4.78 is 40.2. The van der Waals surface area contributed by atoms with E-state index in [1.165, 1.54) is 56.3 Å². The SMILES string of the molecule is CC(C)(C(=O)O)c1ccc(Oc2cc(NC(=O)N3CCC(O)(C4CCCC4)CC3)cc(Oc3ccc(F)cc3)c2)cc1F. The molecule has 1 aliphatic heterocycles. The highest BCUT2D eigenvalue weighted by molar-refractivity contribution is 5.90. The number of benzene rings is 3. The highest BCUT2D eigenvalue weighted by Gasteiger charge is 2.41. The van der Waals surface area contributed by atoms with Crippen molar-refractivity contribution >= 4 is 17.7 Å². The summed E-state index contributed by atoms with van der Waals surface area (Å²) >= 11 is 0. The topological polar surface area (TPSA) is 108 Å². The number of anilines is 1. The van der Waals surface area contributed by atoms with Gasteiger partial charge in [0.15, 0.2) is 0 Å². The molecule has 0 aromatic heterocycles. The van der Waals surface area contributed by atoms with Gasteiger partial charge in [0, 0.05) is 48.6 Å². The number of likely N-dealkylation sites (tertiary alicyclic amines) is 1. The lowest BCUT2D eigenvalue weighted by Gasteiger charge is -2.41. The third-order valence-corrected chi connectivity index (χ3v) is 8.60. The summed E-state index contributed by atoms with van der Waals surface area (Å²) in [4.78, 5) is 26.5. The van der Waals surface area contributed by atoms with E-state index in [2.05, 4.69) is 5.32 Å². The largest absolute Gasteiger partial charge is 0.481 e. The van der Waals surface area contributed by atoms with Gasteiger partial charge in [0.2, 0.25) is 0 Å². The van der Waals surface area contributed by atoms with Gasteiger partial charge in [0.05, 0.1) is 11.0 Å². The number of amides is 2. The van der Waals surface area contributed by atoms with E-state index in [4.69, 9.17) is 9.47 Å². The molecule has 8 nitrogen and oxygen atoms in total. The number of nitrogens with zero attached hydrogens (tertiary/aromatic N) is 1. The van der Waals surface area contributed by atoms with Gasteiger partial charge in [0.1, 0.15) is 34.6 Å². The van der Waals surface area contributed by atoms with Gasteiger partial charge >= 0.3 is 12.0 Å². The number of ether oxygens (including phenoxy) is 2. The lowest BCUT2D eigenvalue weighted by molar-refractivity contribution is -0.142. The number of nitrogens with one attached hydrogen (secondary N) is 1. The maximum atomic E-state index is 14.9. The molecule has 2 fully saturated rings. The number of aliphatic carboxylic acids is 1. The minimum Gasteiger partial charge on any atom is -0.481 e. The van der Waals surface area contributed by atoms with Gasteiger partial charge in [-0.25, -0.2) is 13.6 Å². The summed E-state index contributed by atoms with van der Waals surface area (Å²) in [6, 6.07) is 13.7. The molecule has 228 valence electrons. The molecule has 2 amide bonds. The van der Waals surface area contributed by atoms with Crippen molar-refractivity contribution in [3.63, 3.8) is 0 Å². The molecule has 0 spiro atoms. The molecule has 2 aliphatic rings. The summed E-state index contributed by atoms with van der Waals surface area (Å²) in [7, 11) is 0. The normalized spacial score (nSPS) is 17.0. The molecule has 1 saturated carbocycles. The number of urea groups is 1. The van der Waals surface area contributed by atoms with Gasteiger partial charge in [0.25, 0.3) is 0 Å². The summed E-state index contributed by atoms with van der Waals surface area (Å²) in [6.45, 7) is 3.67. The Morgan fingerprint density at radius 3 is 2.05 bits per heavy atom. The number of piperidine rings is 1. The summed E-state index contributed by atoms with van der Waals surface area (Å²) in [5.74, 6) is -1.08. The Morgan fingerprint density at radius 1 is 0.884 bits per heavy atom. The molecule has 5 rings (SSSR count). The standard InChI is InChI=1S/C33H36F2N2O6/c1-32(2,30(38)39)28-12-11-25(20-29(28)35)43-27-18-23(17-26(19-27)42-24-9-7-22(34)8-10-24)36-31(40)37-15-13-33(41,14-16-37)21-5-3-4-6-21/h7-12,17-21,41H,3-6,13-16H2,1-2H3,(H,36,40)(H,38,39). The number of carboxylic acid groups (broad SMARTS) is 1. The van der Waals surface area contributed by atoms with Gasteiger partial charge in [-0.15, -0.1) is 0 Å². The van der Waals surface area contributed by atoms with Crippen LogP contribution in [0.5, 0.6) is 23.0 Å². The second-order valence-corrected chi connectivity index (χ2v) is 11.9. The van der Waals surface area contributed by atoms with Crippen LogP contribution in [0.1, 0.15) is 57.9 Å². The van der Waals surface area contributed by atoms with Crippen LogP contribution in [-0.2, 0) is 10.2 Å². The van der Waals surface area contributed by atoms with Crippen LogP contribution in [0.4, 0.5) is 19.3 Å². The molecule has 0 unspecified atom stereocenters. The highest BCUT2D eigenvalue weighted by atomic mass is 19.1. The van der Waals surface area contributed by atoms with Crippen LogP contribution in [0.3, 0.4) is 0 Å². The molecule has 0 atom stereocenters. The number of aliphatic hydroxyl groups is 1. The van der Waals surface area contributed by atoms with Crippen molar-refractivity contribution in [3.05, 3.63) is 77.9 Å².